The maximum Gasteiger partial charge on any atom is 0.218 e. The lowest BCUT2D eigenvalue weighted by Gasteiger charge is -2.40. The van der Waals surface area contributed by atoms with Gasteiger partial charge in [-0.05, 0) is 13.8 Å². The van der Waals surface area contributed by atoms with Crippen LogP contribution < -0.4 is 0 Å². The molecular weight excluding hydrogens is 352 g/mol. The van der Waals surface area contributed by atoms with Gasteiger partial charge in [-0.1, -0.05) is 0 Å². The minimum Gasteiger partial charge on any atom is -0.726 e. The normalized spacial score (nSPS) is 41.1. The molecule has 136 valence electrons. The van der Waals surface area contributed by atoms with Crippen molar-refractivity contribution in [3.63, 3.8) is 0 Å². The van der Waals surface area contributed by atoms with Crippen molar-refractivity contribution in [1.29, 1.82) is 0 Å². The molecule has 2 saturated heterocycles. The number of aliphatic hydroxyl groups is 3. The van der Waals surface area contributed by atoms with E-state index in [0.717, 1.165) is 0 Å². The lowest BCUT2D eigenvalue weighted by Crippen LogP contribution is -2.53. The Morgan fingerprint density at radius 2 is 2.04 bits per heavy atom. The smallest absolute Gasteiger partial charge is 0.218 e. The van der Waals surface area contributed by atoms with E-state index in [-0.39, 0.29) is 24.7 Å². The largest absolute Gasteiger partial charge is 0.726 e. The van der Waals surface area contributed by atoms with Crippen LogP contribution in [0.3, 0.4) is 0 Å². The first-order chi connectivity index (χ1) is 10.5. The maximum absolute atomic E-state index is 10.9. The second kappa shape index (κ2) is 7.10. The van der Waals surface area contributed by atoms with Gasteiger partial charge in [0.2, 0.25) is 10.4 Å². The minimum atomic E-state index is -4.92. The molecule has 23 heavy (non-hydrogen) atoms. The van der Waals surface area contributed by atoms with Crippen molar-refractivity contribution in [3.8, 4) is 0 Å². The Kier molecular flexibility index (Phi) is 5.97. The van der Waals surface area contributed by atoms with Crippen molar-refractivity contribution >= 4 is 21.3 Å². The van der Waals surface area contributed by atoms with Crippen LogP contribution in [0.4, 0.5) is 0 Å². The number of hydrogen-bond acceptors (Lipinski definition) is 9. The molecule has 0 bridgehead atoms. The molecule has 6 atom stereocenters. The lowest BCUT2D eigenvalue weighted by molar-refractivity contribution is -0.294. The standard InChI is InChI=1S/C12H22O9S2/c1-12(2)19-4-8(21-23(16,17)18)9(20-12)6-22-5-7(14)11(15)10(22)3-13/h7-11,13-15H,3-6H2,1-2H3/t7-,8-,9+,10-,11+,22?/m1/s1. The van der Waals surface area contributed by atoms with E-state index in [9.17, 15) is 28.3 Å². The van der Waals surface area contributed by atoms with E-state index in [2.05, 4.69) is 4.18 Å². The van der Waals surface area contributed by atoms with Gasteiger partial charge in [-0.3, -0.25) is 4.18 Å². The summed E-state index contributed by atoms with van der Waals surface area (Å²) in [7, 11) is -5.54. The van der Waals surface area contributed by atoms with Crippen molar-refractivity contribution in [2.75, 3.05) is 24.7 Å². The van der Waals surface area contributed by atoms with Gasteiger partial charge in [0.1, 0.15) is 35.9 Å². The molecule has 2 aliphatic heterocycles. The van der Waals surface area contributed by atoms with Gasteiger partial charge in [0.05, 0.1) is 13.2 Å². The van der Waals surface area contributed by atoms with Crippen molar-refractivity contribution in [1.82, 2.24) is 0 Å². The highest BCUT2D eigenvalue weighted by atomic mass is 32.3. The van der Waals surface area contributed by atoms with Crippen molar-refractivity contribution in [3.05, 3.63) is 0 Å². The summed E-state index contributed by atoms with van der Waals surface area (Å²) in [6, 6.07) is 0. The average molecular weight is 374 g/mol. The van der Waals surface area contributed by atoms with E-state index in [1.54, 1.807) is 13.8 Å². The van der Waals surface area contributed by atoms with Gasteiger partial charge >= 0.3 is 0 Å². The molecule has 11 heteroatoms. The lowest BCUT2D eigenvalue weighted by atomic mass is 10.2. The summed E-state index contributed by atoms with van der Waals surface area (Å²) in [5, 5.41) is 28.5. The van der Waals surface area contributed by atoms with Crippen molar-refractivity contribution < 1.29 is 41.9 Å². The van der Waals surface area contributed by atoms with E-state index in [1.807, 2.05) is 0 Å². The van der Waals surface area contributed by atoms with Gasteiger partial charge in [0, 0.05) is 10.9 Å². The van der Waals surface area contributed by atoms with E-state index < -0.39 is 56.7 Å². The van der Waals surface area contributed by atoms with E-state index >= 15 is 0 Å². The quantitative estimate of drug-likeness (QED) is 0.275. The average Bonchev–Trinajstić information content (AvgIpc) is 2.66. The SMILES string of the molecule is CC1(C)OC[C@@H](OS(=O)(=O)[O-])[C@H](C[S+]2C[C@@H](O)[C@H](O)[C@H]2CO)O1. The van der Waals surface area contributed by atoms with Crippen LogP contribution in [0, 0.1) is 0 Å². The zero-order valence-corrected chi connectivity index (χ0v) is 14.5. The number of aliphatic hydroxyl groups excluding tert-OH is 3. The first-order valence-corrected chi connectivity index (χ1v) is 10.1. The molecule has 0 aromatic carbocycles. The molecule has 1 unspecified atom stereocenters. The minimum absolute atomic E-state index is 0.134. The molecule has 0 aliphatic carbocycles. The molecule has 0 amide bonds. The first kappa shape index (κ1) is 19.3. The monoisotopic (exact) mass is 374 g/mol. The van der Waals surface area contributed by atoms with Crippen LogP contribution >= 0.6 is 0 Å². The zero-order valence-electron chi connectivity index (χ0n) is 12.8. The third kappa shape index (κ3) is 5.00. The fourth-order valence-corrected chi connectivity index (χ4v) is 5.99. The first-order valence-electron chi connectivity index (χ1n) is 7.11. The molecule has 2 rings (SSSR count). The fourth-order valence-electron chi connectivity index (χ4n) is 2.75. The van der Waals surface area contributed by atoms with Gasteiger partial charge in [-0.25, -0.2) is 8.42 Å². The predicted molar refractivity (Wildman–Crippen MR) is 79.5 cm³/mol. The topological polar surface area (TPSA) is 146 Å². The number of rotatable bonds is 5. The molecule has 2 heterocycles. The molecule has 3 N–H and O–H groups in total. The van der Waals surface area contributed by atoms with Crippen LogP contribution in [0.1, 0.15) is 13.8 Å². The van der Waals surface area contributed by atoms with Gasteiger partial charge in [-0.15, -0.1) is 0 Å². The molecule has 0 spiro atoms. The molecule has 2 aliphatic rings. The molecule has 9 nitrogen and oxygen atoms in total. The highest BCUT2D eigenvalue weighted by Crippen LogP contribution is 2.30. The van der Waals surface area contributed by atoms with Gasteiger partial charge in [0.15, 0.2) is 11.0 Å². The van der Waals surface area contributed by atoms with Crippen LogP contribution in [0.2, 0.25) is 0 Å². The van der Waals surface area contributed by atoms with Crippen LogP contribution in [-0.2, 0) is 35.0 Å². The third-order valence-corrected chi connectivity index (χ3v) is 7.13. The number of ether oxygens (including phenoxy) is 2. The molecule has 0 radical (unpaired) electrons. The fraction of sp³-hybridized carbons (Fsp3) is 1.00. The summed E-state index contributed by atoms with van der Waals surface area (Å²) in [4.78, 5) is 0. The highest BCUT2D eigenvalue weighted by Gasteiger charge is 2.52. The van der Waals surface area contributed by atoms with E-state index in [0.29, 0.717) is 0 Å². The van der Waals surface area contributed by atoms with Crippen LogP contribution in [0.5, 0.6) is 0 Å². The summed E-state index contributed by atoms with van der Waals surface area (Å²) in [5.41, 5.74) is 0. The maximum atomic E-state index is 10.9. The van der Waals surface area contributed by atoms with E-state index in [1.165, 1.54) is 0 Å². The van der Waals surface area contributed by atoms with Crippen LogP contribution in [0.25, 0.3) is 0 Å². The predicted octanol–water partition coefficient (Wildman–Crippen LogP) is -2.30. The summed E-state index contributed by atoms with van der Waals surface area (Å²) in [6.07, 6.45) is -3.87. The van der Waals surface area contributed by atoms with E-state index in [4.69, 9.17) is 9.47 Å². The molecule has 0 aromatic rings. The summed E-state index contributed by atoms with van der Waals surface area (Å²) in [5.74, 6) is -0.469. The third-order valence-electron chi connectivity index (χ3n) is 3.83. The van der Waals surface area contributed by atoms with Gasteiger partial charge < -0.3 is 29.3 Å². The van der Waals surface area contributed by atoms with Gasteiger partial charge in [-0.2, -0.15) is 0 Å². The summed E-state index contributed by atoms with van der Waals surface area (Å²) < 4.78 is 48.1. The Bertz CT molecular complexity index is 509. The second-order valence-electron chi connectivity index (χ2n) is 6.06. The highest BCUT2D eigenvalue weighted by molar-refractivity contribution is 7.97. The Labute approximate surface area is 137 Å². The van der Waals surface area contributed by atoms with Crippen molar-refractivity contribution in [2.45, 2.75) is 49.3 Å². The second-order valence-corrected chi connectivity index (χ2v) is 9.42. The Hall–Kier alpha value is 0.0200. The van der Waals surface area contributed by atoms with Crippen molar-refractivity contribution in [2.24, 2.45) is 0 Å². The summed E-state index contributed by atoms with van der Waals surface area (Å²) in [6.45, 7) is 2.85. The molecular formula is C12H22O9S2. The van der Waals surface area contributed by atoms with Gasteiger partial charge in [0.25, 0.3) is 0 Å². The van der Waals surface area contributed by atoms with Crippen LogP contribution in [-0.4, -0.2) is 88.5 Å². The van der Waals surface area contributed by atoms with Crippen LogP contribution in [0.15, 0.2) is 0 Å². The zero-order chi connectivity index (χ0) is 17.4. The Balaban J connectivity index is 2.12. The molecule has 0 aromatic heterocycles. The Morgan fingerprint density at radius 3 is 2.61 bits per heavy atom. The number of hydrogen-bond donors (Lipinski definition) is 3. The summed E-state index contributed by atoms with van der Waals surface area (Å²) >= 11 is 0. The Morgan fingerprint density at radius 1 is 1.39 bits per heavy atom. The molecule has 2 fully saturated rings. The molecule has 0 saturated carbocycles.